The Labute approximate surface area is 195 Å². The van der Waals surface area contributed by atoms with Gasteiger partial charge in [0.15, 0.2) is 5.82 Å². The predicted octanol–water partition coefficient (Wildman–Crippen LogP) is 5.08. The Morgan fingerprint density at radius 3 is 2.76 bits per heavy atom. The van der Waals surface area contributed by atoms with Crippen molar-refractivity contribution < 1.29 is 4.74 Å². The van der Waals surface area contributed by atoms with E-state index in [1.807, 2.05) is 32.2 Å². The summed E-state index contributed by atoms with van der Waals surface area (Å²) in [5, 5.41) is 23.8. The number of aryl methyl sites for hydroxylation is 1. The molecule has 3 atom stereocenters. The summed E-state index contributed by atoms with van der Waals surface area (Å²) in [7, 11) is 0. The molecule has 0 saturated carbocycles. The molecule has 0 bridgehead atoms. The van der Waals surface area contributed by atoms with Gasteiger partial charge in [0.25, 0.3) is 0 Å². The van der Waals surface area contributed by atoms with Crippen LogP contribution in [0.2, 0.25) is 0 Å². The van der Waals surface area contributed by atoms with Gasteiger partial charge in [0.2, 0.25) is 0 Å². The number of benzene rings is 1. The fourth-order valence-corrected chi connectivity index (χ4v) is 4.58. The lowest BCUT2D eigenvalue weighted by Gasteiger charge is -2.40. The van der Waals surface area contributed by atoms with Crippen molar-refractivity contribution in [3.05, 3.63) is 52.8 Å². The number of morpholine rings is 1. The molecule has 7 heteroatoms. The highest BCUT2D eigenvalue weighted by molar-refractivity contribution is 5.94. The van der Waals surface area contributed by atoms with Gasteiger partial charge in [-0.15, -0.1) is 5.10 Å². The predicted molar refractivity (Wildman–Crippen MR) is 131 cm³/mol. The summed E-state index contributed by atoms with van der Waals surface area (Å²) >= 11 is 0. The molecule has 0 unspecified atom stereocenters. The molecule has 1 N–H and O–H groups in total. The van der Waals surface area contributed by atoms with E-state index in [1.54, 1.807) is 0 Å². The molecule has 0 spiro atoms. The Bertz CT molecular complexity index is 1190. The number of pyridine rings is 1. The standard InChI is InChI=1S/C26H32N6O/c1-6-20-15-33-21(7-2)14-32(20)25-11-23-24(13-28-25)18(5)30-31-26(23)29-17(4)22-10-8-9-19(12-27)16(22)3/h8-11,13,17,20-21H,6-7,14-15H2,1-5H3,(H,29,31)/t17-,20-,21-/m1/s1. The number of nitriles is 1. The van der Waals surface area contributed by atoms with E-state index in [0.717, 1.165) is 65.2 Å². The summed E-state index contributed by atoms with van der Waals surface area (Å²) in [4.78, 5) is 7.19. The van der Waals surface area contributed by atoms with Crippen LogP contribution in [0, 0.1) is 25.2 Å². The van der Waals surface area contributed by atoms with Gasteiger partial charge >= 0.3 is 0 Å². The Hall–Kier alpha value is -3.24. The van der Waals surface area contributed by atoms with Crippen LogP contribution in [0.1, 0.15) is 62.0 Å². The van der Waals surface area contributed by atoms with Crippen molar-refractivity contribution in [1.82, 2.24) is 15.2 Å². The van der Waals surface area contributed by atoms with Crippen LogP contribution in [0.25, 0.3) is 10.8 Å². The third kappa shape index (κ3) is 4.49. The summed E-state index contributed by atoms with van der Waals surface area (Å²) in [5.74, 6) is 1.67. The van der Waals surface area contributed by atoms with E-state index >= 15 is 0 Å². The highest BCUT2D eigenvalue weighted by atomic mass is 16.5. The zero-order valence-electron chi connectivity index (χ0n) is 20.1. The highest BCUT2D eigenvalue weighted by Gasteiger charge is 2.28. The fraction of sp³-hybridized carbons (Fsp3) is 0.462. The lowest BCUT2D eigenvalue weighted by Crippen LogP contribution is -2.49. The van der Waals surface area contributed by atoms with E-state index in [-0.39, 0.29) is 12.1 Å². The smallest absolute Gasteiger partial charge is 0.157 e. The summed E-state index contributed by atoms with van der Waals surface area (Å²) in [6.45, 7) is 11.9. The summed E-state index contributed by atoms with van der Waals surface area (Å²) in [5.41, 5.74) is 3.60. The second kappa shape index (κ2) is 9.72. The van der Waals surface area contributed by atoms with Crippen molar-refractivity contribution in [3.63, 3.8) is 0 Å². The van der Waals surface area contributed by atoms with E-state index in [2.05, 4.69) is 59.4 Å². The summed E-state index contributed by atoms with van der Waals surface area (Å²) in [6.07, 6.45) is 4.11. The van der Waals surface area contributed by atoms with E-state index in [9.17, 15) is 5.26 Å². The molecule has 2 aromatic heterocycles. The number of ether oxygens (including phenoxy) is 1. The molecule has 1 aliphatic rings. The van der Waals surface area contributed by atoms with Crippen LogP contribution < -0.4 is 10.2 Å². The van der Waals surface area contributed by atoms with Crippen LogP contribution in [0.5, 0.6) is 0 Å². The van der Waals surface area contributed by atoms with Crippen LogP contribution in [-0.4, -0.2) is 40.5 Å². The highest BCUT2D eigenvalue weighted by Crippen LogP contribution is 2.31. The van der Waals surface area contributed by atoms with Crippen molar-refractivity contribution in [3.8, 4) is 6.07 Å². The maximum atomic E-state index is 9.41. The SMILES string of the molecule is CC[C@@H]1CN(c2cc3c(N[C@H](C)c4cccc(C#N)c4C)nnc(C)c3cn2)[C@H](CC)CO1. The van der Waals surface area contributed by atoms with Gasteiger partial charge in [-0.1, -0.05) is 26.0 Å². The lowest BCUT2D eigenvalue weighted by atomic mass is 9.98. The van der Waals surface area contributed by atoms with Crippen molar-refractivity contribution in [2.24, 2.45) is 0 Å². The van der Waals surface area contributed by atoms with Gasteiger partial charge in [-0.2, -0.15) is 10.4 Å². The van der Waals surface area contributed by atoms with Crippen LogP contribution >= 0.6 is 0 Å². The molecule has 0 radical (unpaired) electrons. The topological polar surface area (TPSA) is 87.0 Å². The van der Waals surface area contributed by atoms with Gasteiger partial charge in [0, 0.05) is 23.5 Å². The molecule has 0 aliphatic carbocycles. The first-order valence-corrected chi connectivity index (χ1v) is 11.7. The molecule has 3 aromatic rings. The monoisotopic (exact) mass is 444 g/mol. The maximum absolute atomic E-state index is 9.41. The first-order chi connectivity index (χ1) is 16.0. The second-order valence-corrected chi connectivity index (χ2v) is 8.80. The Morgan fingerprint density at radius 2 is 2.03 bits per heavy atom. The van der Waals surface area contributed by atoms with Crippen molar-refractivity contribution in [2.75, 3.05) is 23.4 Å². The van der Waals surface area contributed by atoms with Gasteiger partial charge in [0.1, 0.15) is 5.82 Å². The third-order valence-corrected chi connectivity index (χ3v) is 6.74. The van der Waals surface area contributed by atoms with Crippen LogP contribution in [0.4, 0.5) is 11.6 Å². The second-order valence-electron chi connectivity index (χ2n) is 8.80. The van der Waals surface area contributed by atoms with E-state index in [0.29, 0.717) is 11.6 Å². The van der Waals surface area contributed by atoms with E-state index < -0.39 is 0 Å². The summed E-state index contributed by atoms with van der Waals surface area (Å²) in [6, 6.07) is 10.5. The van der Waals surface area contributed by atoms with Crippen molar-refractivity contribution in [2.45, 2.75) is 65.6 Å². The average molecular weight is 445 g/mol. The molecular weight excluding hydrogens is 412 g/mol. The molecule has 33 heavy (non-hydrogen) atoms. The van der Waals surface area contributed by atoms with Crippen molar-refractivity contribution in [1.29, 1.82) is 5.26 Å². The minimum absolute atomic E-state index is 0.0358. The zero-order valence-corrected chi connectivity index (χ0v) is 20.1. The fourth-order valence-electron chi connectivity index (χ4n) is 4.58. The lowest BCUT2D eigenvalue weighted by molar-refractivity contribution is 0.0163. The quantitative estimate of drug-likeness (QED) is 0.567. The third-order valence-electron chi connectivity index (χ3n) is 6.74. The average Bonchev–Trinajstić information content (AvgIpc) is 2.85. The first kappa shape index (κ1) is 22.9. The number of rotatable bonds is 6. The normalized spacial score (nSPS) is 19.3. The molecule has 172 valence electrons. The van der Waals surface area contributed by atoms with Crippen LogP contribution in [-0.2, 0) is 4.74 Å². The Kier molecular flexibility index (Phi) is 6.75. The molecule has 7 nitrogen and oxygen atoms in total. The minimum atomic E-state index is -0.0358. The van der Waals surface area contributed by atoms with Gasteiger partial charge in [0.05, 0.1) is 42.1 Å². The Morgan fingerprint density at radius 1 is 1.21 bits per heavy atom. The number of aromatic nitrogens is 3. The molecule has 1 aromatic carbocycles. The number of fused-ring (bicyclic) bond motifs is 1. The maximum Gasteiger partial charge on any atom is 0.157 e. The molecular formula is C26H32N6O. The minimum Gasteiger partial charge on any atom is -0.374 e. The Balaban J connectivity index is 1.72. The molecule has 3 heterocycles. The molecule has 1 saturated heterocycles. The van der Waals surface area contributed by atoms with Gasteiger partial charge in [-0.3, -0.25) is 0 Å². The van der Waals surface area contributed by atoms with Crippen LogP contribution in [0.15, 0.2) is 30.5 Å². The van der Waals surface area contributed by atoms with E-state index in [1.165, 1.54) is 0 Å². The zero-order chi connectivity index (χ0) is 23.5. The molecule has 1 aliphatic heterocycles. The largest absolute Gasteiger partial charge is 0.374 e. The van der Waals surface area contributed by atoms with E-state index in [4.69, 9.17) is 9.72 Å². The number of nitrogens with one attached hydrogen (secondary N) is 1. The summed E-state index contributed by atoms with van der Waals surface area (Å²) < 4.78 is 6.02. The molecule has 0 amide bonds. The van der Waals surface area contributed by atoms with Crippen LogP contribution in [0.3, 0.4) is 0 Å². The van der Waals surface area contributed by atoms with Gasteiger partial charge < -0.3 is 15.0 Å². The van der Waals surface area contributed by atoms with Crippen molar-refractivity contribution >= 4 is 22.4 Å². The number of anilines is 2. The molecule has 1 fully saturated rings. The first-order valence-electron chi connectivity index (χ1n) is 11.7. The number of hydrogen-bond acceptors (Lipinski definition) is 7. The molecule has 4 rings (SSSR count). The van der Waals surface area contributed by atoms with Gasteiger partial charge in [-0.05, 0) is 56.9 Å². The number of nitrogens with zero attached hydrogens (tertiary/aromatic N) is 5. The van der Waals surface area contributed by atoms with Gasteiger partial charge in [-0.25, -0.2) is 4.98 Å². The number of hydrogen-bond donors (Lipinski definition) is 1.